The van der Waals surface area contributed by atoms with Gasteiger partial charge in [-0.1, -0.05) is 31.3 Å². The molecule has 0 aliphatic heterocycles. The van der Waals surface area contributed by atoms with Crippen molar-refractivity contribution in [3.05, 3.63) is 46.8 Å². The lowest BCUT2D eigenvalue weighted by Gasteiger charge is -2.15. The minimum absolute atomic E-state index is 0.0201. The number of carbonyl (C=O) groups is 1. The number of hydrogen-bond donors (Lipinski definition) is 3. The maximum Gasteiger partial charge on any atom is 0.169 e. The molecule has 23 heavy (non-hydrogen) atoms. The van der Waals surface area contributed by atoms with Crippen molar-refractivity contribution in [2.24, 2.45) is 5.73 Å². The highest BCUT2D eigenvalue weighted by atomic mass is 32.1. The maximum absolute atomic E-state index is 14.2. The van der Waals surface area contributed by atoms with E-state index in [1.54, 1.807) is 18.2 Å². The molecule has 0 aliphatic rings. The molecule has 1 aromatic carbocycles. The summed E-state index contributed by atoms with van der Waals surface area (Å²) in [5.74, 6) is -0.681. The Bertz CT molecular complexity index is 792. The molecule has 0 bridgehead atoms. The first-order valence-corrected chi connectivity index (χ1v) is 7.41. The summed E-state index contributed by atoms with van der Waals surface area (Å²) in [5, 5.41) is 2.89. The fraction of sp³-hybridized carbons (Fsp3) is 0.188. The van der Waals surface area contributed by atoms with Crippen molar-refractivity contribution in [1.29, 1.82) is 0 Å². The number of carbonyl (C=O) groups excluding carboxylic acids is 1. The van der Waals surface area contributed by atoms with E-state index in [-0.39, 0.29) is 28.0 Å². The molecule has 0 fully saturated rings. The van der Waals surface area contributed by atoms with Crippen LogP contribution in [0.4, 0.5) is 21.7 Å². The zero-order chi connectivity index (χ0) is 17.1. The van der Waals surface area contributed by atoms with Crippen LogP contribution in [-0.4, -0.2) is 15.8 Å². The first-order valence-electron chi connectivity index (χ1n) is 7.00. The van der Waals surface area contributed by atoms with Gasteiger partial charge in [-0.15, -0.1) is 0 Å². The molecule has 0 saturated heterocycles. The Morgan fingerprint density at radius 2 is 2.09 bits per heavy atom. The van der Waals surface area contributed by atoms with Crippen LogP contribution < -0.4 is 16.8 Å². The summed E-state index contributed by atoms with van der Waals surface area (Å²) in [7, 11) is 0. The van der Waals surface area contributed by atoms with Crippen LogP contribution in [0.25, 0.3) is 0 Å². The zero-order valence-corrected chi connectivity index (χ0v) is 13.6. The number of ketones is 1. The van der Waals surface area contributed by atoms with Gasteiger partial charge in [-0.2, -0.15) is 0 Å². The number of thiocarbonyl (C=S) groups is 1. The smallest absolute Gasteiger partial charge is 0.169 e. The second-order valence-electron chi connectivity index (χ2n) is 4.98. The van der Waals surface area contributed by atoms with E-state index < -0.39 is 5.82 Å². The van der Waals surface area contributed by atoms with Crippen LogP contribution in [0.2, 0.25) is 0 Å². The van der Waals surface area contributed by atoms with Gasteiger partial charge in [0.15, 0.2) is 17.4 Å². The molecule has 0 spiro atoms. The first kappa shape index (κ1) is 16.8. The highest BCUT2D eigenvalue weighted by molar-refractivity contribution is 7.80. The number of rotatable bonds is 5. The number of Topliss-reactive ketones (excluding diaryl/α,β-unsaturated/α-hetero) is 1. The third-order valence-electron chi connectivity index (χ3n) is 3.43. The number of nitrogens with zero attached hydrogens (tertiary/aromatic N) is 1. The van der Waals surface area contributed by atoms with Gasteiger partial charge in [0.2, 0.25) is 0 Å². The molecular formula is C16H17FN4OS. The first-order chi connectivity index (χ1) is 10.8. The summed E-state index contributed by atoms with van der Waals surface area (Å²) < 4.78 is 14.2. The molecule has 1 aromatic heterocycles. The SMILES string of the molecule is CCc1c(Nc2nc(N)c(C(N)=S)cc2F)cccc1C(C)=O. The summed E-state index contributed by atoms with van der Waals surface area (Å²) >= 11 is 4.80. The minimum atomic E-state index is -0.628. The summed E-state index contributed by atoms with van der Waals surface area (Å²) in [4.78, 5) is 15.7. The Morgan fingerprint density at radius 1 is 1.39 bits per heavy atom. The van der Waals surface area contributed by atoms with Crippen molar-refractivity contribution in [2.45, 2.75) is 20.3 Å². The molecule has 2 rings (SSSR count). The third kappa shape index (κ3) is 3.45. The summed E-state index contributed by atoms with van der Waals surface area (Å²) in [5.41, 5.74) is 13.4. The lowest BCUT2D eigenvalue weighted by molar-refractivity contribution is 0.101. The van der Waals surface area contributed by atoms with Crippen LogP contribution in [0.5, 0.6) is 0 Å². The van der Waals surface area contributed by atoms with Gasteiger partial charge < -0.3 is 16.8 Å². The summed E-state index contributed by atoms with van der Waals surface area (Å²) in [6.45, 7) is 3.41. The Labute approximate surface area is 138 Å². The molecular weight excluding hydrogens is 315 g/mol. The minimum Gasteiger partial charge on any atom is -0.389 e. The van der Waals surface area contributed by atoms with Crippen molar-refractivity contribution < 1.29 is 9.18 Å². The van der Waals surface area contributed by atoms with Gasteiger partial charge >= 0.3 is 0 Å². The molecule has 0 amide bonds. The van der Waals surface area contributed by atoms with Crippen LogP contribution in [0, 0.1) is 5.82 Å². The van der Waals surface area contributed by atoms with Gasteiger partial charge in [0, 0.05) is 11.3 Å². The van der Waals surface area contributed by atoms with E-state index in [0.717, 1.165) is 11.6 Å². The quantitative estimate of drug-likeness (QED) is 0.576. The van der Waals surface area contributed by atoms with E-state index in [1.165, 1.54) is 6.92 Å². The average molecular weight is 332 g/mol. The number of nitrogens with two attached hydrogens (primary N) is 2. The van der Waals surface area contributed by atoms with E-state index in [1.807, 2.05) is 6.92 Å². The van der Waals surface area contributed by atoms with Gasteiger partial charge in [0.1, 0.15) is 10.8 Å². The zero-order valence-electron chi connectivity index (χ0n) is 12.8. The lowest BCUT2D eigenvalue weighted by Crippen LogP contribution is -2.15. The van der Waals surface area contributed by atoms with Crippen LogP contribution >= 0.6 is 12.2 Å². The van der Waals surface area contributed by atoms with Crippen molar-refractivity contribution >= 4 is 40.3 Å². The summed E-state index contributed by atoms with van der Waals surface area (Å²) in [6, 6.07) is 6.36. The number of benzene rings is 1. The molecule has 5 nitrogen and oxygen atoms in total. The number of halogens is 1. The largest absolute Gasteiger partial charge is 0.389 e. The number of anilines is 3. The maximum atomic E-state index is 14.2. The fourth-order valence-electron chi connectivity index (χ4n) is 2.33. The van der Waals surface area contributed by atoms with Crippen molar-refractivity contribution in [3.8, 4) is 0 Å². The number of aromatic nitrogens is 1. The molecule has 0 radical (unpaired) electrons. The predicted octanol–water partition coefficient (Wildman–Crippen LogP) is 2.95. The topological polar surface area (TPSA) is 94.0 Å². The second-order valence-corrected chi connectivity index (χ2v) is 5.42. The standard InChI is InChI=1S/C16H17FN4OS/c1-3-9-10(8(2)22)5-4-6-13(9)20-16-12(17)7-11(15(19)23)14(18)21-16/h4-7H,3H2,1-2H3,(H2,19,23)(H3,18,20,21). The van der Waals surface area contributed by atoms with Gasteiger partial charge in [0.05, 0.1) is 5.56 Å². The summed E-state index contributed by atoms with van der Waals surface area (Å²) in [6.07, 6.45) is 0.611. The lowest BCUT2D eigenvalue weighted by atomic mass is 10.00. The van der Waals surface area contributed by atoms with Gasteiger partial charge in [-0.05, 0) is 31.0 Å². The molecule has 0 atom stereocenters. The van der Waals surface area contributed by atoms with Crippen LogP contribution in [0.1, 0.15) is 35.3 Å². The monoisotopic (exact) mass is 332 g/mol. The average Bonchev–Trinajstić information content (AvgIpc) is 2.49. The van der Waals surface area contributed by atoms with E-state index in [4.69, 9.17) is 23.7 Å². The van der Waals surface area contributed by atoms with Crippen molar-refractivity contribution in [1.82, 2.24) is 4.98 Å². The van der Waals surface area contributed by atoms with Gasteiger partial charge in [-0.25, -0.2) is 9.37 Å². The Balaban J connectivity index is 2.48. The third-order valence-corrected chi connectivity index (χ3v) is 3.65. The van der Waals surface area contributed by atoms with Crippen molar-refractivity contribution in [3.63, 3.8) is 0 Å². The van der Waals surface area contributed by atoms with E-state index >= 15 is 0 Å². The van der Waals surface area contributed by atoms with E-state index in [9.17, 15) is 9.18 Å². The van der Waals surface area contributed by atoms with Crippen LogP contribution in [-0.2, 0) is 6.42 Å². The fourth-order valence-corrected chi connectivity index (χ4v) is 2.49. The Hall–Kier alpha value is -2.54. The van der Waals surface area contributed by atoms with Gasteiger partial charge in [0.25, 0.3) is 0 Å². The van der Waals surface area contributed by atoms with Gasteiger partial charge in [-0.3, -0.25) is 4.79 Å². The van der Waals surface area contributed by atoms with E-state index in [2.05, 4.69) is 10.3 Å². The highest BCUT2D eigenvalue weighted by Crippen LogP contribution is 2.27. The molecule has 7 heteroatoms. The molecule has 0 saturated carbocycles. The highest BCUT2D eigenvalue weighted by Gasteiger charge is 2.15. The molecule has 1 heterocycles. The Morgan fingerprint density at radius 3 is 2.65 bits per heavy atom. The molecule has 2 aromatic rings. The molecule has 0 aliphatic carbocycles. The number of nitrogens with one attached hydrogen (secondary N) is 1. The van der Waals surface area contributed by atoms with Crippen molar-refractivity contribution in [2.75, 3.05) is 11.1 Å². The number of hydrogen-bond acceptors (Lipinski definition) is 5. The Kier molecular flexibility index (Phi) is 4.90. The normalized spacial score (nSPS) is 10.4. The number of pyridine rings is 1. The number of nitrogen functional groups attached to an aromatic ring is 1. The molecule has 0 unspecified atom stereocenters. The molecule has 120 valence electrons. The predicted molar refractivity (Wildman–Crippen MR) is 93.6 cm³/mol. The van der Waals surface area contributed by atoms with Crippen LogP contribution in [0.15, 0.2) is 24.3 Å². The van der Waals surface area contributed by atoms with E-state index in [0.29, 0.717) is 17.7 Å². The van der Waals surface area contributed by atoms with Crippen LogP contribution in [0.3, 0.4) is 0 Å². The second kappa shape index (κ2) is 6.70. The molecule has 5 N–H and O–H groups in total.